The third-order valence-corrected chi connectivity index (χ3v) is 5.56. The van der Waals surface area contributed by atoms with Crippen LogP contribution in [0.2, 0.25) is 0 Å². The largest absolute Gasteiger partial charge is 0.493 e. The first kappa shape index (κ1) is 26.9. The normalized spacial score (nSPS) is 12.1. The fourth-order valence-electron chi connectivity index (χ4n) is 3.53. The fourth-order valence-corrected chi connectivity index (χ4v) is 3.53. The van der Waals surface area contributed by atoms with Gasteiger partial charge in [0.05, 0.1) is 14.2 Å². The Morgan fingerprint density at radius 3 is 2.16 bits per heavy atom. The van der Waals surface area contributed by atoms with E-state index in [9.17, 15) is 14.7 Å². The van der Waals surface area contributed by atoms with Gasteiger partial charge in [-0.25, -0.2) is 4.79 Å². The van der Waals surface area contributed by atoms with Gasteiger partial charge in [-0.3, -0.25) is 10.2 Å². The lowest BCUT2D eigenvalue weighted by Crippen LogP contribution is -2.34. The molecule has 3 rings (SSSR count). The van der Waals surface area contributed by atoms with Crippen molar-refractivity contribution in [1.82, 2.24) is 5.32 Å². The second-order valence-electron chi connectivity index (χ2n) is 8.12. The van der Waals surface area contributed by atoms with Gasteiger partial charge in [0.2, 0.25) is 5.91 Å². The van der Waals surface area contributed by atoms with Crippen molar-refractivity contribution in [3.63, 3.8) is 0 Å². The van der Waals surface area contributed by atoms with Gasteiger partial charge in [-0.05, 0) is 42.8 Å². The van der Waals surface area contributed by atoms with Crippen molar-refractivity contribution >= 4 is 23.4 Å². The van der Waals surface area contributed by atoms with Crippen LogP contribution in [0, 0.1) is 5.41 Å². The third kappa shape index (κ3) is 6.91. The summed E-state index contributed by atoms with van der Waals surface area (Å²) >= 11 is 0. The number of hydrogen-bond donors (Lipinski definition) is 5. The highest BCUT2D eigenvalue weighted by Gasteiger charge is 2.28. The lowest BCUT2D eigenvalue weighted by molar-refractivity contribution is -0.144. The van der Waals surface area contributed by atoms with Gasteiger partial charge in [-0.2, -0.15) is 0 Å². The molecule has 3 aromatic carbocycles. The average Bonchev–Trinajstić information content (AvgIpc) is 2.91. The molecule has 0 saturated carbocycles. The summed E-state index contributed by atoms with van der Waals surface area (Å²) in [6.07, 6.45) is -1.19. The van der Waals surface area contributed by atoms with Crippen LogP contribution >= 0.6 is 0 Å². The van der Waals surface area contributed by atoms with E-state index < -0.39 is 18.1 Å². The average molecular weight is 507 g/mol. The number of anilines is 1. The zero-order valence-electron chi connectivity index (χ0n) is 20.8. The van der Waals surface area contributed by atoms with Crippen molar-refractivity contribution in [3.05, 3.63) is 83.4 Å². The number of amides is 1. The molecule has 0 radical (unpaired) electrons. The molecule has 10 nitrogen and oxygen atoms in total. The van der Waals surface area contributed by atoms with E-state index in [0.717, 1.165) is 5.56 Å². The molecular formula is C27H30N4O6. The predicted octanol–water partition coefficient (Wildman–Crippen LogP) is 3.31. The summed E-state index contributed by atoms with van der Waals surface area (Å²) in [4.78, 5) is 25.1. The zero-order chi connectivity index (χ0) is 26.9. The van der Waals surface area contributed by atoms with Crippen LogP contribution in [0.1, 0.15) is 29.7 Å². The lowest BCUT2D eigenvalue weighted by Gasteiger charge is -2.25. The number of carboxylic acids is 1. The molecule has 0 unspecified atom stereocenters. The number of nitrogens with one attached hydrogen (secondary N) is 3. The van der Waals surface area contributed by atoms with Gasteiger partial charge in [-0.1, -0.05) is 30.3 Å². The molecule has 0 heterocycles. The van der Waals surface area contributed by atoms with Crippen LogP contribution in [0.25, 0.3) is 0 Å². The summed E-state index contributed by atoms with van der Waals surface area (Å²) in [5, 5.41) is 23.1. The van der Waals surface area contributed by atoms with Crippen molar-refractivity contribution < 1.29 is 28.9 Å². The van der Waals surface area contributed by atoms with E-state index in [1.807, 2.05) is 30.3 Å². The Morgan fingerprint density at radius 1 is 0.973 bits per heavy atom. The van der Waals surface area contributed by atoms with Crippen LogP contribution in [0.15, 0.2) is 66.7 Å². The summed E-state index contributed by atoms with van der Waals surface area (Å²) in [7, 11) is 2.90. The van der Waals surface area contributed by atoms with Crippen molar-refractivity contribution in [2.24, 2.45) is 5.73 Å². The molecule has 0 aliphatic heterocycles. The van der Waals surface area contributed by atoms with Crippen molar-refractivity contribution in [1.29, 1.82) is 5.41 Å². The summed E-state index contributed by atoms with van der Waals surface area (Å²) < 4.78 is 16.5. The molecule has 0 saturated heterocycles. The Balaban J connectivity index is 2.05. The van der Waals surface area contributed by atoms with Gasteiger partial charge in [0.25, 0.3) is 0 Å². The monoisotopic (exact) mass is 506 g/mol. The van der Waals surface area contributed by atoms with Gasteiger partial charge < -0.3 is 35.7 Å². The van der Waals surface area contributed by atoms with Gasteiger partial charge in [-0.15, -0.1) is 0 Å². The number of ether oxygens (including phenoxy) is 3. The van der Waals surface area contributed by atoms with Crippen LogP contribution < -0.4 is 30.6 Å². The quantitative estimate of drug-likeness (QED) is 0.185. The molecule has 6 N–H and O–H groups in total. The Morgan fingerprint density at radius 2 is 1.59 bits per heavy atom. The molecular weight excluding hydrogens is 476 g/mol. The number of nitrogens with two attached hydrogens (primary N) is 1. The Bertz CT molecular complexity index is 1250. The molecule has 0 bridgehead atoms. The first-order valence-electron chi connectivity index (χ1n) is 11.4. The van der Waals surface area contributed by atoms with Crippen molar-refractivity contribution in [3.8, 4) is 17.2 Å². The molecule has 37 heavy (non-hydrogen) atoms. The number of methoxy groups -OCH3 is 2. The van der Waals surface area contributed by atoms with Gasteiger partial charge in [0.1, 0.15) is 17.6 Å². The Labute approximate surface area is 214 Å². The maximum Gasteiger partial charge on any atom is 0.344 e. The van der Waals surface area contributed by atoms with Crippen LogP contribution in [-0.4, -0.2) is 43.1 Å². The number of benzene rings is 3. The number of aliphatic carboxylic acids is 1. The molecule has 3 aromatic rings. The zero-order valence-corrected chi connectivity index (χ0v) is 20.8. The lowest BCUT2D eigenvalue weighted by atomic mass is 10.0. The SMILES string of the molecule is COc1cc(O[C@@H](C)C(=O)O)c([C@@H](Nc2ccc(C(=N)N)cc2)C(=O)NCc2ccccc2)cc1OC. The topological polar surface area (TPSA) is 156 Å². The molecule has 1 amide bonds. The molecule has 2 atom stereocenters. The van der Waals surface area contributed by atoms with Crippen molar-refractivity contribution in [2.75, 3.05) is 19.5 Å². The minimum absolute atomic E-state index is 0.0815. The van der Waals surface area contributed by atoms with Gasteiger partial charge >= 0.3 is 5.97 Å². The number of carboxylic acid groups (broad SMARTS) is 1. The van der Waals surface area contributed by atoms with Crippen LogP contribution in [0.5, 0.6) is 17.2 Å². The molecule has 10 heteroatoms. The molecule has 0 spiro atoms. The second kappa shape index (κ2) is 12.3. The molecule has 194 valence electrons. The minimum atomic E-state index is -1.19. The first-order chi connectivity index (χ1) is 17.7. The number of rotatable bonds is 12. The Hall–Kier alpha value is -4.73. The number of carbonyl (C=O) groups excluding carboxylic acids is 1. The highest BCUT2D eigenvalue weighted by molar-refractivity contribution is 5.95. The van der Waals surface area contributed by atoms with E-state index in [2.05, 4.69) is 10.6 Å². The number of hydrogen-bond acceptors (Lipinski definition) is 7. The number of amidine groups is 1. The highest BCUT2D eigenvalue weighted by atomic mass is 16.5. The minimum Gasteiger partial charge on any atom is -0.493 e. The second-order valence-corrected chi connectivity index (χ2v) is 8.12. The van der Waals surface area contributed by atoms with Gasteiger partial charge in [0, 0.05) is 29.4 Å². The van der Waals surface area contributed by atoms with E-state index in [1.54, 1.807) is 30.3 Å². The van der Waals surface area contributed by atoms with E-state index >= 15 is 0 Å². The van der Waals surface area contributed by atoms with Gasteiger partial charge in [0.15, 0.2) is 17.6 Å². The van der Waals surface area contributed by atoms with E-state index in [1.165, 1.54) is 27.2 Å². The van der Waals surface area contributed by atoms with E-state index in [0.29, 0.717) is 28.3 Å². The molecule has 0 aliphatic rings. The maximum absolute atomic E-state index is 13.6. The van der Waals surface area contributed by atoms with Crippen LogP contribution in [0.3, 0.4) is 0 Å². The third-order valence-electron chi connectivity index (χ3n) is 5.56. The highest BCUT2D eigenvalue weighted by Crippen LogP contribution is 2.39. The van der Waals surface area contributed by atoms with Crippen LogP contribution in [0.4, 0.5) is 5.69 Å². The summed E-state index contributed by atoms with van der Waals surface area (Å²) in [6, 6.07) is 18.2. The van der Waals surface area contributed by atoms with E-state index in [4.69, 9.17) is 25.4 Å². The molecule has 0 fully saturated rings. The van der Waals surface area contributed by atoms with E-state index in [-0.39, 0.29) is 24.0 Å². The standard InChI is InChI=1S/C27H30N4O6/c1-16(27(33)34)37-21-14-23(36-3)22(35-2)13-20(21)24(26(32)30-15-17-7-5-4-6-8-17)31-19-11-9-18(10-12-19)25(28)29/h4-14,16,24,31H,15H2,1-3H3,(H3,28,29)(H,30,32)(H,33,34)/t16-,24+/m0/s1. The van der Waals surface area contributed by atoms with Crippen molar-refractivity contribution in [2.45, 2.75) is 25.6 Å². The summed E-state index contributed by atoms with van der Waals surface area (Å²) in [6.45, 7) is 1.66. The smallest absolute Gasteiger partial charge is 0.344 e. The summed E-state index contributed by atoms with van der Waals surface area (Å²) in [5.41, 5.74) is 7.90. The first-order valence-corrected chi connectivity index (χ1v) is 11.4. The number of nitrogen functional groups attached to an aromatic ring is 1. The molecule has 0 aliphatic carbocycles. The maximum atomic E-state index is 13.6. The predicted molar refractivity (Wildman–Crippen MR) is 139 cm³/mol. The number of carbonyl (C=O) groups is 2. The van der Waals surface area contributed by atoms with Crippen LogP contribution in [-0.2, 0) is 16.1 Å². The summed E-state index contributed by atoms with van der Waals surface area (Å²) in [5.74, 6) is -0.851. The Kier molecular flexibility index (Phi) is 8.93. The fraction of sp³-hybridized carbons (Fsp3) is 0.222. The molecule has 0 aromatic heterocycles.